The molecule has 0 atom stereocenters. The third kappa shape index (κ3) is 2.61. The number of halogens is 1. The summed E-state index contributed by atoms with van der Waals surface area (Å²) in [5, 5.41) is 4.14. The van der Waals surface area contributed by atoms with E-state index in [0.717, 1.165) is 5.01 Å². The van der Waals surface area contributed by atoms with Crippen LogP contribution in [0.4, 0.5) is 5.95 Å². The van der Waals surface area contributed by atoms with Gasteiger partial charge in [-0.25, -0.2) is 15.0 Å². The minimum absolute atomic E-state index is 0.637. The average molecular weight is 318 g/mol. The standard InChI is InChI=1S/C8H7IN4S/c9-6-4-12-7(14-6)5-13-8-10-2-1-3-11-8/h1-4H,5H2,(H,10,11,13). The molecular formula is C8H7IN4S. The van der Waals surface area contributed by atoms with Crippen LogP contribution in [0.15, 0.2) is 24.7 Å². The Morgan fingerprint density at radius 1 is 1.29 bits per heavy atom. The van der Waals surface area contributed by atoms with Crippen LogP contribution >= 0.6 is 33.9 Å². The van der Waals surface area contributed by atoms with Gasteiger partial charge in [-0.1, -0.05) is 0 Å². The monoisotopic (exact) mass is 318 g/mol. The summed E-state index contributed by atoms with van der Waals surface area (Å²) in [6.45, 7) is 0.678. The van der Waals surface area contributed by atoms with Crippen LogP contribution in [0.3, 0.4) is 0 Å². The first-order chi connectivity index (χ1) is 6.84. The van der Waals surface area contributed by atoms with Crippen molar-refractivity contribution in [2.24, 2.45) is 0 Å². The fraction of sp³-hybridized carbons (Fsp3) is 0.125. The number of hydrogen-bond acceptors (Lipinski definition) is 5. The Morgan fingerprint density at radius 2 is 2.07 bits per heavy atom. The summed E-state index contributed by atoms with van der Waals surface area (Å²) in [6.07, 6.45) is 5.27. The van der Waals surface area contributed by atoms with E-state index in [-0.39, 0.29) is 0 Å². The van der Waals surface area contributed by atoms with Crippen molar-refractivity contribution < 1.29 is 0 Å². The van der Waals surface area contributed by atoms with Crippen LogP contribution < -0.4 is 5.32 Å². The second kappa shape index (κ2) is 4.65. The molecule has 0 unspecified atom stereocenters. The summed E-state index contributed by atoms with van der Waals surface area (Å²) in [7, 11) is 0. The van der Waals surface area contributed by atoms with Crippen LogP contribution in [0.5, 0.6) is 0 Å². The maximum absolute atomic E-state index is 4.22. The van der Waals surface area contributed by atoms with Gasteiger partial charge in [-0.15, -0.1) is 11.3 Å². The van der Waals surface area contributed by atoms with E-state index in [1.807, 2.05) is 6.20 Å². The van der Waals surface area contributed by atoms with Gasteiger partial charge in [0, 0.05) is 12.4 Å². The molecule has 0 spiro atoms. The zero-order valence-electron chi connectivity index (χ0n) is 7.14. The Morgan fingerprint density at radius 3 is 2.71 bits per heavy atom. The zero-order valence-corrected chi connectivity index (χ0v) is 10.1. The molecule has 2 aromatic rings. The van der Waals surface area contributed by atoms with Gasteiger partial charge in [0.05, 0.1) is 15.6 Å². The van der Waals surface area contributed by atoms with Gasteiger partial charge in [0.1, 0.15) is 5.01 Å². The molecule has 2 heterocycles. The number of rotatable bonds is 3. The van der Waals surface area contributed by atoms with Gasteiger partial charge in [0.2, 0.25) is 5.95 Å². The highest BCUT2D eigenvalue weighted by molar-refractivity contribution is 14.1. The quantitative estimate of drug-likeness (QED) is 0.881. The molecule has 72 valence electrons. The number of anilines is 1. The number of nitrogens with one attached hydrogen (secondary N) is 1. The molecule has 0 amide bonds. The predicted molar refractivity (Wildman–Crippen MR) is 64.2 cm³/mol. The first-order valence-electron chi connectivity index (χ1n) is 3.96. The molecule has 1 N–H and O–H groups in total. The van der Waals surface area contributed by atoms with Crippen molar-refractivity contribution >= 4 is 39.9 Å². The second-order valence-corrected chi connectivity index (χ2v) is 5.49. The van der Waals surface area contributed by atoms with Crippen molar-refractivity contribution in [1.29, 1.82) is 0 Å². The van der Waals surface area contributed by atoms with Gasteiger partial charge in [0.15, 0.2) is 0 Å². The van der Waals surface area contributed by atoms with E-state index in [4.69, 9.17) is 0 Å². The van der Waals surface area contributed by atoms with Gasteiger partial charge in [-0.3, -0.25) is 0 Å². The van der Waals surface area contributed by atoms with Crippen LogP contribution in [0, 0.1) is 2.88 Å². The highest BCUT2D eigenvalue weighted by atomic mass is 127. The molecule has 0 bridgehead atoms. The lowest BCUT2D eigenvalue weighted by Gasteiger charge is -1.99. The minimum Gasteiger partial charge on any atom is -0.348 e. The summed E-state index contributed by atoms with van der Waals surface area (Å²) in [4.78, 5) is 12.3. The molecule has 4 nitrogen and oxygen atoms in total. The highest BCUT2D eigenvalue weighted by Crippen LogP contribution is 2.15. The van der Waals surface area contributed by atoms with Crippen molar-refractivity contribution in [3.05, 3.63) is 32.5 Å². The Balaban J connectivity index is 1.95. The predicted octanol–water partition coefficient (Wildman–Crippen LogP) is 2.15. The van der Waals surface area contributed by atoms with E-state index in [1.54, 1.807) is 29.8 Å². The minimum atomic E-state index is 0.637. The largest absolute Gasteiger partial charge is 0.348 e. The van der Waals surface area contributed by atoms with E-state index < -0.39 is 0 Å². The van der Waals surface area contributed by atoms with Crippen molar-refractivity contribution in [3.8, 4) is 0 Å². The van der Waals surface area contributed by atoms with Crippen LogP contribution in [0.2, 0.25) is 0 Å². The molecule has 2 aromatic heterocycles. The molecular weight excluding hydrogens is 311 g/mol. The molecule has 0 aliphatic rings. The molecule has 0 saturated heterocycles. The molecule has 0 radical (unpaired) electrons. The SMILES string of the molecule is Ic1cnc(CNc2ncccn2)s1. The van der Waals surface area contributed by atoms with E-state index >= 15 is 0 Å². The fourth-order valence-electron chi connectivity index (χ4n) is 0.915. The van der Waals surface area contributed by atoms with Gasteiger partial charge in [0.25, 0.3) is 0 Å². The molecule has 0 fully saturated rings. The van der Waals surface area contributed by atoms with E-state index in [0.29, 0.717) is 12.5 Å². The number of aromatic nitrogens is 3. The lowest BCUT2D eigenvalue weighted by molar-refractivity contribution is 1.04. The maximum Gasteiger partial charge on any atom is 0.222 e. The first kappa shape index (κ1) is 9.78. The smallest absolute Gasteiger partial charge is 0.222 e. The normalized spacial score (nSPS) is 10.1. The molecule has 2 rings (SSSR count). The Kier molecular flexibility index (Phi) is 3.25. The summed E-state index contributed by atoms with van der Waals surface area (Å²) in [6, 6.07) is 1.79. The Bertz CT molecular complexity index is 403. The van der Waals surface area contributed by atoms with Crippen molar-refractivity contribution in [1.82, 2.24) is 15.0 Å². The highest BCUT2D eigenvalue weighted by Gasteiger charge is 1.99. The van der Waals surface area contributed by atoms with Crippen LogP contribution in [0.25, 0.3) is 0 Å². The topological polar surface area (TPSA) is 50.7 Å². The lowest BCUT2D eigenvalue weighted by Crippen LogP contribution is -2.02. The van der Waals surface area contributed by atoms with Gasteiger partial charge < -0.3 is 5.32 Å². The summed E-state index contributed by atoms with van der Waals surface area (Å²) in [5.74, 6) is 0.637. The van der Waals surface area contributed by atoms with E-state index in [1.165, 1.54) is 2.88 Å². The van der Waals surface area contributed by atoms with Crippen LogP contribution in [0.1, 0.15) is 5.01 Å². The average Bonchev–Trinajstić information content (AvgIpc) is 2.63. The van der Waals surface area contributed by atoms with Gasteiger partial charge in [-0.2, -0.15) is 0 Å². The van der Waals surface area contributed by atoms with Crippen LogP contribution in [-0.4, -0.2) is 15.0 Å². The summed E-state index contributed by atoms with van der Waals surface area (Å²) in [5.41, 5.74) is 0. The number of nitrogens with zero attached hydrogens (tertiary/aromatic N) is 3. The maximum atomic E-state index is 4.22. The second-order valence-electron chi connectivity index (χ2n) is 2.48. The molecule has 6 heteroatoms. The molecule has 0 aromatic carbocycles. The molecule has 14 heavy (non-hydrogen) atoms. The summed E-state index contributed by atoms with van der Waals surface area (Å²) < 4.78 is 1.19. The lowest BCUT2D eigenvalue weighted by atomic mass is 10.6. The Hall–Kier alpha value is -0.760. The molecule has 0 aliphatic carbocycles. The number of hydrogen-bond donors (Lipinski definition) is 1. The summed E-state index contributed by atoms with van der Waals surface area (Å²) >= 11 is 3.92. The zero-order chi connectivity index (χ0) is 9.80. The fourth-order valence-corrected chi connectivity index (χ4v) is 2.40. The first-order valence-corrected chi connectivity index (χ1v) is 5.85. The molecule has 0 aliphatic heterocycles. The Labute approximate surface area is 99.0 Å². The van der Waals surface area contributed by atoms with Crippen molar-refractivity contribution in [3.63, 3.8) is 0 Å². The van der Waals surface area contributed by atoms with Crippen molar-refractivity contribution in [2.75, 3.05) is 5.32 Å². The van der Waals surface area contributed by atoms with E-state index in [2.05, 4.69) is 42.9 Å². The molecule has 0 saturated carbocycles. The third-order valence-electron chi connectivity index (χ3n) is 1.49. The number of thiazole rings is 1. The van der Waals surface area contributed by atoms with Gasteiger partial charge in [-0.05, 0) is 28.7 Å². The van der Waals surface area contributed by atoms with Crippen molar-refractivity contribution in [2.45, 2.75) is 6.54 Å². The van der Waals surface area contributed by atoms with E-state index in [9.17, 15) is 0 Å². The third-order valence-corrected chi connectivity index (χ3v) is 3.21. The van der Waals surface area contributed by atoms with Gasteiger partial charge >= 0.3 is 0 Å². The van der Waals surface area contributed by atoms with Crippen LogP contribution in [-0.2, 0) is 6.54 Å².